The van der Waals surface area contributed by atoms with Gasteiger partial charge < -0.3 is 16.4 Å². The fourth-order valence-electron chi connectivity index (χ4n) is 1.51. The molecule has 17 heavy (non-hydrogen) atoms. The summed E-state index contributed by atoms with van der Waals surface area (Å²) in [5.41, 5.74) is 12.3. The van der Waals surface area contributed by atoms with Crippen LogP contribution in [0.15, 0.2) is 30.6 Å². The minimum absolute atomic E-state index is 0.179. The highest BCUT2D eigenvalue weighted by Gasteiger charge is 2.06. The number of hydrogen-bond acceptors (Lipinski definition) is 6. The minimum Gasteiger partial charge on any atom is -0.383 e. The number of anilines is 3. The first kappa shape index (κ1) is 11.1. The van der Waals surface area contributed by atoms with Crippen molar-refractivity contribution in [2.24, 2.45) is 0 Å². The molecule has 0 spiro atoms. The highest BCUT2D eigenvalue weighted by Crippen LogP contribution is 2.15. The molecule has 0 bridgehead atoms. The van der Waals surface area contributed by atoms with Crippen LogP contribution in [0.1, 0.15) is 5.56 Å². The Morgan fingerprint density at radius 2 is 2.12 bits per heavy atom. The lowest BCUT2D eigenvalue weighted by molar-refractivity contribution is 0.889. The fourth-order valence-corrected chi connectivity index (χ4v) is 1.51. The molecule has 0 aromatic carbocycles. The fraction of sp³-hybridized carbons (Fsp3) is 0.182. The van der Waals surface area contributed by atoms with Crippen LogP contribution in [0.25, 0.3) is 0 Å². The van der Waals surface area contributed by atoms with Gasteiger partial charge in [0.2, 0.25) is 5.95 Å². The van der Waals surface area contributed by atoms with E-state index >= 15 is 0 Å². The van der Waals surface area contributed by atoms with Crippen molar-refractivity contribution < 1.29 is 0 Å². The first-order valence-electron chi connectivity index (χ1n) is 5.15. The summed E-state index contributed by atoms with van der Waals surface area (Å²) in [7, 11) is 1.91. The summed E-state index contributed by atoms with van der Waals surface area (Å²) in [6, 6.07) is 5.58. The Morgan fingerprint density at radius 3 is 2.76 bits per heavy atom. The summed E-state index contributed by atoms with van der Waals surface area (Å²) >= 11 is 0. The Kier molecular flexibility index (Phi) is 3.04. The molecular weight excluding hydrogens is 216 g/mol. The largest absolute Gasteiger partial charge is 0.383 e. The second-order valence-electron chi connectivity index (χ2n) is 3.73. The Hall–Kier alpha value is -2.37. The third-order valence-corrected chi connectivity index (χ3v) is 2.28. The zero-order chi connectivity index (χ0) is 12.3. The molecule has 0 aliphatic heterocycles. The van der Waals surface area contributed by atoms with Gasteiger partial charge in [-0.3, -0.25) is 4.98 Å². The normalized spacial score (nSPS) is 10.2. The average molecular weight is 230 g/mol. The number of rotatable bonds is 3. The molecule has 4 N–H and O–H groups in total. The molecule has 2 aromatic heterocycles. The van der Waals surface area contributed by atoms with Crippen molar-refractivity contribution in [3.05, 3.63) is 36.2 Å². The molecule has 0 radical (unpaired) electrons. The minimum atomic E-state index is 0.179. The zero-order valence-corrected chi connectivity index (χ0v) is 9.54. The van der Waals surface area contributed by atoms with Crippen molar-refractivity contribution in [3.63, 3.8) is 0 Å². The maximum absolute atomic E-state index is 5.62. The smallest absolute Gasteiger partial charge is 0.223 e. The quantitative estimate of drug-likeness (QED) is 0.805. The van der Waals surface area contributed by atoms with Crippen molar-refractivity contribution in [2.45, 2.75) is 6.54 Å². The van der Waals surface area contributed by atoms with E-state index in [0.29, 0.717) is 18.2 Å². The zero-order valence-electron chi connectivity index (χ0n) is 9.54. The van der Waals surface area contributed by atoms with Crippen molar-refractivity contribution in [3.8, 4) is 0 Å². The van der Waals surface area contributed by atoms with Gasteiger partial charge in [0.1, 0.15) is 11.6 Å². The number of nitrogens with two attached hydrogens (primary N) is 2. The van der Waals surface area contributed by atoms with Gasteiger partial charge in [-0.1, -0.05) is 6.07 Å². The molecule has 0 amide bonds. The van der Waals surface area contributed by atoms with Crippen LogP contribution >= 0.6 is 0 Å². The van der Waals surface area contributed by atoms with Gasteiger partial charge in [0, 0.05) is 32.1 Å². The van der Waals surface area contributed by atoms with E-state index in [0.717, 1.165) is 5.56 Å². The van der Waals surface area contributed by atoms with Gasteiger partial charge in [0.05, 0.1) is 0 Å². The summed E-state index contributed by atoms with van der Waals surface area (Å²) in [5, 5.41) is 0. The van der Waals surface area contributed by atoms with Crippen LogP contribution in [0.5, 0.6) is 0 Å². The molecule has 2 rings (SSSR count). The van der Waals surface area contributed by atoms with E-state index in [1.807, 2.05) is 30.3 Å². The number of nitrogens with zero attached hydrogens (tertiary/aromatic N) is 4. The molecular formula is C11H14N6. The summed E-state index contributed by atoms with van der Waals surface area (Å²) in [6.07, 6.45) is 3.55. The number of pyridine rings is 1. The second-order valence-corrected chi connectivity index (χ2v) is 3.73. The van der Waals surface area contributed by atoms with E-state index in [1.54, 1.807) is 12.3 Å². The van der Waals surface area contributed by atoms with Crippen LogP contribution in [0.4, 0.5) is 17.6 Å². The molecule has 6 heteroatoms. The van der Waals surface area contributed by atoms with Gasteiger partial charge in [0.25, 0.3) is 0 Å². The van der Waals surface area contributed by atoms with Crippen LogP contribution in [-0.2, 0) is 6.54 Å². The van der Waals surface area contributed by atoms with E-state index in [4.69, 9.17) is 11.5 Å². The predicted molar refractivity (Wildman–Crippen MR) is 67.2 cm³/mol. The molecule has 0 aliphatic carbocycles. The Morgan fingerprint density at radius 1 is 1.29 bits per heavy atom. The molecule has 0 atom stereocenters. The summed E-state index contributed by atoms with van der Waals surface area (Å²) in [4.78, 5) is 13.9. The van der Waals surface area contributed by atoms with E-state index in [-0.39, 0.29) is 5.95 Å². The molecule has 0 unspecified atom stereocenters. The lowest BCUT2D eigenvalue weighted by atomic mass is 10.3. The third-order valence-electron chi connectivity index (χ3n) is 2.28. The molecule has 88 valence electrons. The first-order chi connectivity index (χ1) is 8.15. The van der Waals surface area contributed by atoms with E-state index in [9.17, 15) is 0 Å². The van der Waals surface area contributed by atoms with E-state index in [1.165, 1.54) is 0 Å². The van der Waals surface area contributed by atoms with Crippen LogP contribution in [-0.4, -0.2) is 22.0 Å². The molecule has 2 heterocycles. The molecule has 2 aromatic rings. The SMILES string of the molecule is CN(Cc1cccnc1)c1cc(N)nc(N)n1. The summed E-state index contributed by atoms with van der Waals surface area (Å²) in [5.74, 6) is 1.24. The molecule has 0 saturated heterocycles. The molecule has 0 fully saturated rings. The van der Waals surface area contributed by atoms with Gasteiger partial charge in [-0.2, -0.15) is 9.97 Å². The van der Waals surface area contributed by atoms with Crippen molar-refractivity contribution in [1.82, 2.24) is 15.0 Å². The van der Waals surface area contributed by atoms with Gasteiger partial charge >= 0.3 is 0 Å². The van der Waals surface area contributed by atoms with Crippen LogP contribution in [0, 0.1) is 0 Å². The van der Waals surface area contributed by atoms with Gasteiger partial charge in [0.15, 0.2) is 0 Å². The Bertz CT molecular complexity index is 478. The highest BCUT2D eigenvalue weighted by atomic mass is 15.2. The van der Waals surface area contributed by atoms with Crippen LogP contribution in [0.2, 0.25) is 0 Å². The van der Waals surface area contributed by atoms with Crippen LogP contribution in [0.3, 0.4) is 0 Å². The topological polar surface area (TPSA) is 94.0 Å². The van der Waals surface area contributed by atoms with Crippen LogP contribution < -0.4 is 16.4 Å². The second kappa shape index (κ2) is 4.65. The lowest BCUT2D eigenvalue weighted by Crippen LogP contribution is -2.19. The Labute approximate surface area is 99.3 Å². The first-order valence-corrected chi connectivity index (χ1v) is 5.15. The average Bonchev–Trinajstić information content (AvgIpc) is 2.29. The molecule has 0 saturated carbocycles. The number of hydrogen-bond donors (Lipinski definition) is 2. The number of nitrogen functional groups attached to an aromatic ring is 2. The monoisotopic (exact) mass is 230 g/mol. The molecule has 6 nitrogen and oxygen atoms in total. The van der Waals surface area contributed by atoms with Crippen molar-refractivity contribution in [2.75, 3.05) is 23.4 Å². The maximum Gasteiger partial charge on any atom is 0.223 e. The third kappa shape index (κ3) is 2.81. The Balaban J connectivity index is 2.17. The predicted octanol–water partition coefficient (Wildman–Crippen LogP) is 0.672. The van der Waals surface area contributed by atoms with Crippen molar-refractivity contribution >= 4 is 17.6 Å². The van der Waals surface area contributed by atoms with E-state index in [2.05, 4.69) is 15.0 Å². The standard InChI is InChI=1S/C11H14N6/c1-17(7-8-3-2-4-14-6-8)10-5-9(12)15-11(13)16-10/h2-6H,7H2,1H3,(H4,12,13,15,16). The summed E-state index contributed by atoms with van der Waals surface area (Å²) in [6.45, 7) is 0.684. The van der Waals surface area contributed by atoms with Gasteiger partial charge in [-0.15, -0.1) is 0 Å². The van der Waals surface area contributed by atoms with E-state index < -0.39 is 0 Å². The highest BCUT2D eigenvalue weighted by molar-refractivity contribution is 5.50. The summed E-state index contributed by atoms with van der Waals surface area (Å²) < 4.78 is 0. The number of aromatic nitrogens is 3. The van der Waals surface area contributed by atoms with Gasteiger partial charge in [-0.25, -0.2) is 0 Å². The van der Waals surface area contributed by atoms with Gasteiger partial charge in [-0.05, 0) is 11.6 Å². The van der Waals surface area contributed by atoms with Crippen molar-refractivity contribution in [1.29, 1.82) is 0 Å². The maximum atomic E-state index is 5.62. The lowest BCUT2D eigenvalue weighted by Gasteiger charge is -2.18. The molecule has 0 aliphatic rings.